The van der Waals surface area contributed by atoms with Crippen LogP contribution in [0.15, 0.2) is 27.6 Å². The predicted molar refractivity (Wildman–Crippen MR) is 86.5 cm³/mol. The minimum Gasteiger partial charge on any atom is -0.481 e. The lowest BCUT2D eigenvalue weighted by Gasteiger charge is -2.12. The summed E-state index contributed by atoms with van der Waals surface area (Å²) in [6.07, 6.45) is 1.95. The average molecular weight is 372 g/mol. The number of hydrogen-bond donors (Lipinski definition) is 2. The minimum atomic E-state index is -0.758. The lowest BCUT2D eigenvalue weighted by molar-refractivity contribution is -0.141. The van der Waals surface area contributed by atoms with Crippen LogP contribution < -0.4 is 5.32 Å². The molecule has 1 fully saturated rings. The number of carbonyl (C=O) groups is 2. The molecule has 2 atom stereocenters. The van der Waals surface area contributed by atoms with Crippen molar-refractivity contribution in [2.75, 3.05) is 5.75 Å². The van der Waals surface area contributed by atoms with E-state index in [2.05, 4.69) is 21.2 Å². The van der Waals surface area contributed by atoms with Gasteiger partial charge in [0, 0.05) is 15.4 Å². The Bertz CT molecular complexity index is 550. The summed E-state index contributed by atoms with van der Waals surface area (Å²) >= 11 is 4.92. The molecule has 2 rings (SSSR count). The Morgan fingerprint density at radius 3 is 2.81 bits per heavy atom. The first-order chi connectivity index (χ1) is 9.95. The number of amides is 1. The molecule has 1 aliphatic rings. The van der Waals surface area contributed by atoms with Crippen LogP contribution in [0, 0.1) is 12.8 Å². The van der Waals surface area contributed by atoms with Gasteiger partial charge in [0.2, 0.25) is 5.91 Å². The summed E-state index contributed by atoms with van der Waals surface area (Å²) in [6.45, 7) is 2.01. The van der Waals surface area contributed by atoms with Crippen LogP contribution in [-0.2, 0) is 9.59 Å². The van der Waals surface area contributed by atoms with Crippen LogP contribution in [0.5, 0.6) is 0 Å². The first kappa shape index (κ1) is 16.4. The second-order valence-corrected chi connectivity index (χ2v) is 7.24. The van der Waals surface area contributed by atoms with Crippen LogP contribution in [0.2, 0.25) is 0 Å². The molecule has 0 aliphatic heterocycles. The van der Waals surface area contributed by atoms with E-state index in [1.165, 1.54) is 11.8 Å². The van der Waals surface area contributed by atoms with Gasteiger partial charge in [-0.05, 0) is 49.9 Å². The van der Waals surface area contributed by atoms with Gasteiger partial charge in [0.1, 0.15) is 0 Å². The van der Waals surface area contributed by atoms with Crippen molar-refractivity contribution < 1.29 is 14.7 Å². The minimum absolute atomic E-state index is 0.00483. The molecule has 0 spiro atoms. The zero-order chi connectivity index (χ0) is 15.4. The Morgan fingerprint density at radius 2 is 2.19 bits per heavy atom. The highest BCUT2D eigenvalue weighted by Gasteiger charge is 2.30. The van der Waals surface area contributed by atoms with Crippen molar-refractivity contribution in [3.8, 4) is 0 Å². The second-order valence-electron chi connectivity index (χ2n) is 5.31. The molecule has 1 aromatic rings. The van der Waals surface area contributed by atoms with Crippen molar-refractivity contribution >= 4 is 39.6 Å². The maximum absolute atomic E-state index is 11.9. The molecule has 1 amide bonds. The third-order valence-corrected chi connectivity index (χ3v) is 5.31. The fraction of sp³-hybridized carbons (Fsp3) is 0.467. The molecule has 1 aliphatic carbocycles. The highest BCUT2D eigenvalue weighted by Crippen LogP contribution is 2.27. The molecule has 21 heavy (non-hydrogen) atoms. The molecule has 114 valence electrons. The van der Waals surface area contributed by atoms with E-state index in [0.717, 1.165) is 21.4 Å². The molecular weight excluding hydrogens is 354 g/mol. The number of nitrogens with one attached hydrogen (secondary N) is 1. The highest BCUT2D eigenvalue weighted by atomic mass is 79.9. The van der Waals surface area contributed by atoms with Crippen LogP contribution in [0.25, 0.3) is 0 Å². The van der Waals surface area contributed by atoms with Gasteiger partial charge in [-0.2, -0.15) is 0 Å². The first-order valence-electron chi connectivity index (χ1n) is 6.87. The maximum Gasteiger partial charge on any atom is 0.306 e. The van der Waals surface area contributed by atoms with E-state index < -0.39 is 5.97 Å². The molecule has 1 saturated carbocycles. The van der Waals surface area contributed by atoms with E-state index in [-0.39, 0.29) is 17.9 Å². The predicted octanol–water partition coefficient (Wildman–Crippen LogP) is 3.22. The third-order valence-electron chi connectivity index (χ3n) is 3.64. The molecule has 0 bridgehead atoms. The maximum atomic E-state index is 11.9. The standard InChI is InChI=1S/C15H18BrNO3S/c1-9-6-11(16)3-5-13(9)21-8-14(18)17-12-4-2-10(7-12)15(19)20/h3,5-6,10,12H,2,4,7-8H2,1H3,(H,17,18)(H,19,20). The number of carboxylic acids is 1. The van der Waals surface area contributed by atoms with E-state index in [1.54, 1.807) is 0 Å². The van der Waals surface area contributed by atoms with Crippen molar-refractivity contribution in [2.45, 2.75) is 37.1 Å². The Hall–Kier alpha value is -1.01. The van der Waals surface area contributed by atoms with E-state index in [9.17, 15) is 9.59 Å². The van der Waals surface area contributed by atoms with Crippen LogP contribution in [-0.4, -0.2) is 28.8 Å². The van der Waals surface area contributed by atoms with E-state index in [4.69, 9.17) is 5.11 Å². The number of hydrogen-bond acceptors (Lipinski definition) is 3. The van der Waals surface area contributed by atoms with Gasteiger partial charge in [0.05, 0.1) is 11.7 Å². The van der Waals surface area contributed by atoms with Crippen LogP contribution >= 0.6 is 27.7 Å². The van der Waals surface area contributed by atoms with Crippen molar-refractivity contribution in [3.05, 3.63) is 28.2 Å². The van der Waals surface area contributed by atoms with E-state index in [1.807, 2.05) is 25.1 Å². The van der Waals surface area contributed by atoms with Crippen molar-refractivity contribution in [2.24, 2.45) is 5.92 Å². The molecule has 6 heteroatoms. The summed E-state index contributed by atoms with van der Waals surface area (Å²) < 4.78 is 1.03. The number of rotatable bonds is 5. The number of thioether (sulfide) groups is 1. The van der Waals surface area contributed by atoms with Gasteiger partial charge in [-0.3, -0.25) is 9.59 Å². The van der Waals surface area contributed by atoms with Crippen molar-refractivity contribution in [1.82, 2.24) is 5.32 Å². The molecule has 0 heterocycles. The van der Waals surface area contributed by atoms with E-state index in [0.29, 0.717) is 18.6 Å². The fourth-order valence-electron chi connectivity index (χ4n) is 2.52. The number of aliphatic carboxylic acids is 1. The summed E-state index contributed by atoms with van der Waals surface area (Å²) in [5.41, 5.74) is 1.13. The summed E-state index contributed by atoms with van der Waals surface area (Å²) in [5, 5.41) is 11.9. The van der Waals surface area contributed by atoms with Crippen LogP contribution in [0.4, 0.5) is 0 Å². The van der Waals surface area contributed by atoms with E-state index >= 15 is 0 Å². The van der Waals surface area contributed by atoms with Gasteiger partial charge >= 0.3 is 5.97 Å². The second kappa shape index (κ2) is 7.31. The number of aryl methyl sites for hydroxylation is 1. The molecule has 0 radical (unpaired) electrons. The van der Waals surface area contributed by atoms with Crippen LogP contribution in [0.3, 0.4) is 0 Å². The molecular formula is C15H18BrNO3S. The largest absolute Gasteiger partial charge is 0.481 e. The van der Waals surface area contributed by atoms with Gasteiger partial charge in [-0.1, -0.05) is 15.9 Å². The summed E-state index contributed by atoms with van der Waals surface area (Å²) in [5.74, 6) is -0.738. The zero-order valence-corrected chi connectivity index (χ0v) is 14.2. The number of carbonyl (C=O) groups excluding carboxylic acids is 1. The third kappa shape index (κ3) is 4.74. The average Bonchev–Trinajstić information content (AvgIpc) is 2.86. The smallest absolute Gasteiger partial charge is 0.306 e. The van der Waals surface area contributed by atoms with Crippen molar-refractivity contribution in [3.63, 3.8) is 0 Å². The van der Waals surface area contributed by atoms with Crippen molar-refractivity contribution in [1.29, 1.82) is 0 Å². The molecule has 2 unspecified atom stereocenters. The topological polar surface area (TPSA) is 66.4 Å². The summed E-state index contributed by atoms with van der Waals surface area (Å²) in [6, 6.07) is 5.98. The number of halogens is 1. The Labute approximate surface area is 136 Å². The number of carboxylic acid groups (broad SMARTS) is 1. The molecule has 1 aromatic carbocycles. The normalized spacial score (nSPS) is 21.2. The Balaban J connectivity index is 1.79. The molecule has 4 nitrogen and oxygen atoms in total. The zero-order valence-electron chi connectivity index (χ0n) is 11.8. The Morgan fingerprint density at radius 1 is 1.43 bits per heavy atom. The fourth-order valence-corrected chi connectivity index (χ4v) is 3.82. The lowest BCUT2D eigenvalue weighted by atomic mass is 10.1. The van der Waals surface area contributed by atoms with Gasteiger partial charge < -0.3 is 10.4 Å². The number of benzene rings is 1. The lowest BCUT2D eigenvalue weighted by Crippen LogP contribution is -2.34. The molecule has 2 N–H and O–H groups in total. The van der Waals surface area contributed by atoms with Gasteiger partial charge in [0.25, 0.3) is 0 Å². The Kier molecular flexibility index (Phi) is 5.70. The van der Waals surface area contributed by atoms with Gasteiger partial charge in [-0.15, -0.1) is 11.8 Å². The first-order valence-corrected chi connectivity index (χ1v) is 8.64. The summed E-state index contributed by atoms with van der Waals surface area (Å²) in [4.78, 5) is 23.9. The highest BCUT2D eigenvalue weighted by molar-refractivity contribution is 9.10. The molecule has 0 saturated heterocycles. The SMILES string of the molecule is Cc1cc(Br)ccc1SCC(=O)NC1CCC(C(=O)O)C1. The van der Waals surface area contributed by atoms with Crippen LogP contribution in [0.1, 0.15) is 24.8 Å². The van der Waals surface area contributed by atoms with Gasteiger partial charge in [0.15, 0.2) is 0 Å². The quantitative estimate of drug-likeness (QED) is 0.779. The van der Waals surface area contributed by atoms with Gasteiger partial charge in [-0.25, -0.2) is 0 Å². The molecule has 0 aromatic heterocycles. The monoisotopic (exact) mass is 371 g/mol. The summed E-state index contributed by atoms with van der Waals surface area (Å²) in [7, 11) is 0.